The summed E-state index contributed by atoms with van der Waals surface area (Å²) < 4.78 is 5.90. The Hall–Kier alpha value is -2.79. The standard InChI is InChI=1S/C17H25NO.C4H7N.CH2O2/c1-5-7-8-9-15-12-16(11-10-14(15)6-2)19-17(3,4)13-18;1-2-3-4-5;2-1-3/h6,8-12H,2,5,7,13,18H2,1,3-4H3;2-4H,1,5H2;1H,(H,2,3)/b9-8-;4-3-;. The molecule has 0 aromatic heterocycles. The van der Waals surface area contributed by atoms with Crippen molar-refractivity contribution in [3.05, 3.63) is 66.9 Å². The van der Waals surface area contributed by atoms with Crippen LogP contribution in [0.15, 0.2) is 55.8 Å². The van der Waals surface area contributed by atoms with Gasteiger partial charge in [0.2, 0.25) is 0 Å². The van der Waals surface area contributed by atoms with Crippen LogP contribution in [0.3, 0.4) is 0 Å². The Bertz CT molecular complexity index is 606. The van der Waals surface area contributed by atoms with Gasteiger partial charge in [-0.2, -0.15) is 0 Å². The number of ether oxygens (including phenoxy) is 1. The molecule has 1 rings (SSSR count). The summed E-state index contributed by atoms with van der Waals surface area (Å²) in [6.45, 7) is 13.6. The van der Waals surface area contributed by atoms with Crippen molar-refractivity contribution >= 4 is 18.6 Å². The number of allylic oxidation sites excluding steroid dienone is 3. The molecule has 0 aliphatic heterocycles. The topological polar surface area (TPSA) is 98.6 Å². The van der Waals surface area contributed by atoms with E-state index in [-0.39, 0.29) is 12.1 Å². The number of benzene rings is 1. The predicted octanol–water partition coefficient (Wildman–Crippen LogP) is 4.60. The highest BCUT2D eigenvalue weighted by Gasteiger charge is 2.17. The summed E-state index contributed by atoms with van der Waals surface area (Å²) in [5.74, 6) is 0.845. The first-order valence-electron chi connectivity index (χ1n) is 8.74. The largest absolute Gasteiger partial charge is 0.487 e. The zero-order chi connectivity index (χ0) is 21.1. The molecule has 0 radical (unpaired) electrons. The van der Waals surface area contributed by atoms with Crippen molar-refractivity contribution in [2.45, 2.75) is 39.2 Å². The van der Waals surface area contributed by atoms with Crippen LogP contribution in [0.4, 0.5) is 0 Å². The fraction of sp³-hybridized carbons (Fsp3) is 0.318. The number of rotatable bonds is 8. The molecule has 5 heteroatoms. The third kappa shape index (κ3) is 14.1. The van der Waals surface area contributed by atoms with Crippen LogP contribution in [-0.4, -0.2) is 23.7 Å². The normalized spacial score (nSPS) is 10.4. The molecule has 0 aliphatic rings. The molecule has 0 atom stereocenters. The maximum atomic E-state index is 8.36. The average molecular weight is 375 g/mol. The molecule has 5 N–H and O–H groups in total. The molecule has 0 heterocycles. The van der Waals surface area contributed by atoms with Crippen molar-refractivity contribution in [1.82, 2.24) is 0 Å². The maximum absolute atomic E-state index is 8.36. The van der Waals surface area contributed by atoms with Crippen molar-refractivity contribution in [3.63, 3.8) is 0 Å². The van der Waals surface area contributed by atoms with Crippen LogP contribution in [-0.2, 0) is 4.79 Å². The highest BCUT2D eigenvalue weighted by molar-refractivity contribution is 5.66. The van der Waals surface area contributed by atoms with E-state index in [0.717, 1.165) is 29.7 Å². The lowest BCUT2D eigenvalue weighted by Crippen LogP contribution is -2.37. The van der Waals surface area contributed by atoms with E-state index in [1.807, 2.05) is 38.1 Å². The van der Waals surface area contributed by atoms with E-state index in [1.165, 1.54) is 6.20 Å². The SMILES string of the molecule is C=C/C=C\N.C=Cc1ccc(OC(C)(C)CN)cc1/C=C\CCC.O=CO. The monoisotopic (exact) mass is 374 g/mol. The van der Waals surface area contributed by atoms with Crippen LogP contribution < -0.4 is 16.2 Å². The third-order valence-corrected chi connectivity index (χ3v) is 3.16. The van der Waals surface area contributed by atoms with E-state index in [9.17, 15) is 0 Å². The zero-order valence-corrected chi connectivity index (χ0v) is 16.7. The van der Waals surface area contributed by atoms with Crippen molar-refractivity contribution in [1.29, 1.82) is 0 Å². The fourth-order valence-electron chi connectivity index (χ4n) is 1.76. The van der Waals surface area contributed by atoms with Gasteiger partial charge in [0.1, 0.15) is 11.4 Å². The molecule has 0 unspecified atom stereocenters. The van der Waals surface area contributed by atoms with Gasteiger partial charge in [-0.3, -0.25) is 4.79 Å². The Labute approximate surface area is 163 Å². The van der Waals surface area contributed by atoms with E-state index in [4.69, 9.17) is 26.1 Å². The molecule has 0 fully saturated rings. The Morgan fingerprint density at radius 3 is 2.30 bits per heavy atom. The summed E-state index contributed by atoms with van der Waals surface area (Å²) in [4.78, 5) is 8.36. The van der Waals surface area contributed by atoms with Crippen LogP contribution in [0.5, 0.6) is 5.75 Å². The molecule has 1 aromatic rings. The number of unbranched alkanes of at least 4 members (excludes halogenated alkanes) is 1. The van der Waals surface area contributed by atoms with Crippen molar-refractivity contribution < 1.29 is 14.6 Å². The molecule has 1 aromatic carbocycles. The van der Waals surface area contributed by atoms with Crippen LogP contribution in [0.25, 0.3) is 12.2 Å². The molecule has 0 bridgehead atoms. The third-order valence-electron chi connectivity index (χ3n) is 3.16. The van der Waals surface area contributed by atoms with Crippen LogP contribution in [0, 0.1) is 0 Å². The summed E-state index contributed by atoms with van der Waals surface area (Å²) in [5, 5.41) is 6.89. The Morgan fingerprint density at radius 1 is 1.26 bits per heavy atom. The molecule has 27 heavy (non-hydrogen) atoms. The molecule has 150 valence electrons. The van der Waals surface area contributed by atoms with Gasteiger partial charge in [0, 0.05) is 6.54 Å². The lowest BCUT2D eigenvalue weighted by Gasteiger charge is -2.25. The highest BCUT2D eigenvalue weighted by Crippen LogP contribution is 2.23. The first-order chi connectivity index (χ1) is 12.8. The second kappa shape index (κ2) is 16.7. The number of carboxylic acid groups (broad SMARTS) is 1. The minimum absolute atomic E-state index is 0.250. The zero-order valence-electron chi connectivity index (χ0n) is 16.7. The van der Waals surface area contributed by atoms with Crippen molar-refractivity contribution in [2.75, 3.05) is 6.54 Å². The van der Waals surface area contributed by atoms with Gasteiger partial charge in [0.15, 0.2) is 0 Å². The molecular weight excluding hydrogens is 340 g/mol. The van der Waals surface area contributed by atoms with E-state index in [0.29, 0.717) is 6.54 Å². The molecule has 0 amide bonds. The number of carbonyl (C=O) groups is 1. The minimum atomic E-state index is -0.347. The summed E-state index contributed by atoms with van der Waals surface area (Å²) in [7, 11) is 0. The first kappa shape index (κ1) is 26.4. The van der Waals surface area contributed by atoms with Crippen molar-refractivity contribution in [2.24, 2.45) is 11.5 Å². The molecule has 0 saturated heterocycles. The van der Waals surface area contributed by atoms with Gasteiger partial charge in [0.25, 0.3) is 6.47 Å². The highest BCUT2D eigenvalue weighted by atomic mass is 16.5. The molecular formula is C22H34N2O3. The van der Waals surface area contributed by atoms with Gasteiger partial charge in [0.05, 0.1) is 0 Å². The van der Waals surface area contributed by atoms with Crippen LogP contribution >= 0.6 is 0 Å². The van der Waals surface area contributed by atoms with Crippen molar-refractivity contribution in [3.8, 4) is 5.75 Å². The van der Waals surface area contributed by atoms with Gasteiger partial charge in [-0.25, -0.2) is 0 Å². The number of hydrogen-bond acceptors (Lipinski definition) is 4. The number of hydrogen-bond donors (Lipinski definition) is 3. The van der Waals surface area contributed by atoms with E-state index in [2.05, 4.69) is 32.2 Å². The van der Waals surface area contributed by atoms with E-state index in [1.54, 1.807) is 12.2 Å². The lowest BCUT2D eigenvalue weighted by atomic mass is 10.1. The van der Waals surface area contributed by atoms with Crippen LogP contribution in [0.1, 0.15) is 44.7 Å². The smallest absolute Gasteiger partial charge is 0.290 e. The van der Waals surface area contributed by atoms with Gasteiger partial charge in [-0.1, -0.05) is 56.9 Å². The second-order valence-corrected chi connectivity index (χ2v) is 5.98. The van der Waals surface area contributed by atoms with Gasteiger partial charge in [-0.15, -0.1) is 0 Å². The first-order valence-corrected chi connectivity index (χ1v) is 8.74. The minimum Gasteiger partial charge on any atom is -0.487 e. The molecule has 5 nitrogen and oxygen atoms in total. The lowest BCUT2D eigenvalue weighted by molar-refractivity contribution is -0.122. The summed E-state index contributed by atoms with van der Waals surface area (Å²) >= 11 is 0. The van der Waals surface area contributed by atoms with E-state index >= 15 is 0 Å². The predicted molar refractivity (Wildman–Crippen MR) is 116 cm³/mol. The van der Waals surface area contributed by atoms with E-state index < -0.39 is 0 Å². The maximum Gasteiger partial charge on any atom is 0.290 e. The quantitative estimate of drug-likeness (QED) is 0.456. The van der Waals surface area contributed by atoms with Crippen LogP contribution in [0.2, 0.25) is 0 Å². The Kier molecular flexibility index (Phi) is 16.3. The average Bonchev–Trinajstić information content (AvgIpc) is 2.64. The second-order valence-electron chi connectivity index (χ2n) is 5.98. The van der Waals surface area contributed by atoms with Gasteiger partial charge >= 0.3 is 0 Å². The Balaban J connectivity index is 0. The summed E-state index contributed by atoms with van der Waals surface area (Å²) in [6.07, 6.45) is 13.1. The van der Waals surface area contributed by atoms with Gasteiger partial charge in [-0.05, 0) is 55.8 Å². The summed E-state index contributed by atoms with van der Waals surface area (Å²) in [5.41, 5.74) is 12.5. The molecule has 0 aliphatic carbocycles. The molecule has 0 saturated carbocycles. The fourth-order valence-corrected chi connectivity index (χ4v) is 1.76. The Morgan fingerprint density at radius 2 is 1.89 bits per heavy atom. The number of nitrogens with two attached hydrogens (primary N) is 2. The van der Waals surface area contributed by atoms with Gasteiger partial charge < -0.3 is 21.3 Å². The summed E-state index contributed by atoms with van der Waals surface area (Å²) in [6, 6.07) is 6.03. The molecule has 0 spiro atoms.